The molecule has 6 nitrogen and oxygen atoms in total. The first-order valence-electron chi connectivity index (χ1n) is 6.52. The molecule has 0 aromatic heterocycles. The predicted octanol–water partition coefficient (Wildman–Crippen LogP) is 0.787. The van der Waals surface area contributed by atoms with E-state index in [0.29, 0.717) is 19.4 Å². The van der Waals surface area contributed by atoms with E-state index in [9.17, 15) is 14.4 Å². The van der Waals surface area contributed by atoms with Crippen molar-refractivity contribution in [2.45, 2.75) is 25.7 Å². The van der Waals surface area contributed by atoms with Gasteiger partial charge in [-0.3, -0.25) is 14.4 Å². The van der Waals surface area contributed by atoms with Gasteiger partial charge in [0.15, 0.2) is 0 Å². The molecule has 3 amide bonds. The number of carbonyl (C=O) groups excluding carboxylic acids is 3. The maximum absolute atomic E-state index is 11.6. The van der Waals surface area contributed by atoms with E-state index in [4.69, 9.17) is 5.73 Å². The van der Waals surface area contributed by atoms with Crippen LogP contribution in [0.3, 0.4) is 0 Å². The number of primary amides is 1. The summed E-state index contributed by atoms with van der Waals surface area (Å²) in [5.41, 5.74) is 5.57. The Morgan fingerprint density at radius 3 is 2.35 bits per heavy atom. The Morgan fingerprint density at radius 2 is 1.70 bits per heavy atom. The molecule has 0 aliphatic carbocycles. The van der Waals surface area contributed by atoms with Crippen molar-refractivity contribution in [3.63, 3.8) is 0 Å². The van der Waals surface area contributed by atoms with Gasteiger partial charge in [-0.2, -0.15) is 0 Å². The predicted molar refractivity (Wildman–Crippen MR) is 75.7 cm³/mol. The number of para-hydroxylation sites is 1. The Morgan fingerprint density at radius 1 is 1.00 bits per heavy atom. The molecule has 0 heterocycles. The molecule has 0 atom stereocenters. The van der Waals surface area contributed by atoms with E-state index >= 15 is 0 Å². The van der Waals surface area contributed by atoms with Crippen molar-refractivity contribution in [2.75, 3.05) is 11.9 Å². The summed E-state index contributed by atoms with van der Waals surface area (Å²) in [7, 11) is 0. The third-order valence-electron chi connectivity index (χ3n) is 2.65. The Labute approximate surface area is 117 Å². The van der Waals surface area contributed by atoms with Gasteiger partial charge in [0.25, 0.3) is 0 Å². The number of hydrogen-bond donors (Lipinski definition) is 3. The highest BCUT2D eigenvalue weighted by molar-refractivity contribution is 6.34. The lowest BCUT2D eigenvalue weighted by atomic mass is 10.2. The van der Waals surface area contributed by atoms with E-state index in [2.05, 4.69) is 10.6 Å². The number of carbonyl (C=O) groups is 3. The Balaban J connectivity index is 2.05. The van der Waals surface area contributed by atoms with Gasteiger partial charge in [0, 0.05) is 18.7 Å². The minimum atomic E-state index is -0.979. The van der Waals surface area contributed by atoms with Gasteiger partial charge in [0.1, 0.15) is 0 Å². The number of nitrogens with two attached hydrogens (primary N) is 1. The molecule has 0 radical (unpaired) electrons. The van der Waals surface area contributed by atoms with Crippen molar-refractivity contribution in [1.82, 2.24) is 5.32 Å². The molecule has 1 rings (SSSR count). The molecule has 0 saturated carbocycles. The second kappa shape index (κ2) is 8.68. The van der Waals surface area contributed by atoms with Gasteiger partial charge < -0.3 is 16.4 Å². The standard InChI is InChI=1S/C14H19N3O3/c15-13(19)14(20)16-10-6-2-5-9-12(18)17-11-7-3-1-4-8-11/h1,3-4,7-8H,2,5-6,9-10H2,(H2,15,19)(H,16,20)(H,17,18). The van der Waals surface area contributed by atoms with Gasteiger partial charge >= 0.3 is 11.8 Å². The van der Waals surface area contributed by atoms with Crippen LogP contribution in [0.25, 0.3) is 0 Å². The zero-order chi connectivity index (χ0) is 14.8. The van der Waals surface area contributed by atoms with Crippen LogP contribution in [0.15, 0.2) is 30.3 Å². The van der Waals surface area contributed by atoms with Crippen molar-refractivity contribution in [3.8, 4) is 0 Å². The molecule has 1 aromatic carbocycles. The highest BCUT2D eigenvalue weighted by Gasteiger charge is 2.06. The molecule has 20 heavy (non-hydrogen) atoms. The van der Waals surface area contributed by atoms with E-state index in [1.807, 2.05) is 30.3 Å². The van der Waals surface area contributed by atoms with Crippen molar-refractivity contribution in [2.24, 2.45) is 5.73 Å². The monoisotopic (exact) mass is 277 g/mol. The minimum absolute atomic E-state index is 0.0302. The molecule has 0 fully saturated rings. The average molecular weight is 277 g/mol. The highest BCUT2D eigenvalue weighted by atomic mass is 16.2. The van der Waals surface area contributed by atoms with Crippen LogP contribution in [0.4, 0.5) is 5.69 Å². The summed E-state index contributed by atoms with van der Waals surface area (Å²) in [6.07, 6.45) is 2.66. The molecule has 0 bridgehead atoms. The molecule has 0 unspecified atom stereocenters. The number of rotatable bonds is 7. The first-order chi connectivity index (χ1) is 9.59. The lowest BCUT2D eigenvalue weighted by Crippen LogP contribution is -2.36. The Hall–Kier alpha value is -2.37. The number of nitrogens with one attached hydrogen (secondary N) is 2. The first kappa shape index (κ1) is 15.7. The molecule has 6 heteroatoms. The lowest BCUT2D eigenvalue weighted by Gasteiger charge is -2.05. The topological polar surface area (TPSA) is 101 Å². The molecule has 0 aliphatic rings. The van der Waals surface area contributed by atoms with Gasteiger partial charge in [0.2, 0.25) is 5.91 Å². The van der Waals surface area contributed by atoms with Crippen LogP contribution in [0.2, 0.25) is 0 Å². The van der Waals surface area contributed by atoms with Crippen LogP contribution in [-0.4, -0.2) is 24.3 Å². The molecule has 0 saturated heterocycles. The van der Waals surface area contributed by atoms with Gasteiger partial charge in [0.05, 0.1) is 0 Å². The van der Waals surface area contributed by atoms with Crippen LogP contribution in [0, 0.1) is 0 Å². The van der Waals surface area contributed by atoms with Crippen molar-refractivity contribution in [1.29, 1.82) is 0 Å². The summed E-state index contributed by atoms with van der Waals surface area (Å²) in [6, 6.07) is 9.26. The summed E-state index contributed by atoms with van der Waals surface area (Å²) >= 11 is 0. The summed E-state index contributed by atoms with van der Waals surface area (Å²) in [6.45, 7) is 0.391. The Kier molecular flexibility index (Phi) is 6.81. The number of anilines is 1. The fourth-order valence-corrected chi connectivity index (χ4v) is 1.62. The minimum Gasteiger partial charge on any atom is -0.361 e. The molecule has 0 spiro atoms. The third kappa shape index (κ3) is 6.53. The van der Waals surface area contributed by atoms with Crippen LogP contribution in [-0.2, 0) is 14.4 Å². The summed E-state index contributed by atoms with van der Waals surface area (Å²) in [5, 5.41) is 5.19. The normalized spacial score (nSPS) is 9.80. The molecular weight excluding hydrogens is 258 g/mol. The van der Waals surface area contributed by atoms with Crippen molar-refractivity contribution < 1.29 is 14.4 Å². The van der Waals surface area contributed by atoms with E-state index in [1.165, 1.54) is 0 Å². The highest BCUT2D eigenvalue weighted by Crippen LogP contribution is 2.07. The molecule has 1 aromatic rings. The van der Waals surface area contributed by atoms with Crippen LogP contribution < -0.4 is 16.4 Å². The fraction of sp³-hybridized carbons (Fsp3) is 0.357. The zero-order valence-electron chi connectivity index (χ0n) is 11.2. The fourth-order valence-electron chi connectivity index (χ4n) is 1.62. The van der Waals surface area contributed by atoms with Crippen molar-refractivity contribution >= 4 is 23.4 Å². The quantitative estimate of drug-likeness (QED) is 0.507. The molecule has 4 N–H and O–H groups in total. The second-order valence-corrected chi connectivity index (χ2v) is 4.35. The van der Waals surface area contributed by atoms with Gasteiger partial charge in [-0.1, -0.05) is 24.6 Å². The number of amides is 3. The average Bonchev–Trinajstić information content (AvgIpc) is 2.43. The number of hydrogen-bond acceptors (Lipinski definition) is 3. The van der Waals surface area contributed by atoms with Crippen LogP contribution >= 0.6 is 0 Å². The second-order valence-electron chi connectivity index (χ2n) is 4.35. The largest absolute Gasteiger partial charge is 0.361 e. The lowest BCUT2D eigenvalue weighted by molar-refractivity contribution is -0.137. The molecule has 0 aliphatic heterocycles. The number of unbranched alkanes of at least 4 members (excludes halogenated alkanes) is 2. The third-order valence-corrected chi connectivity index (χ3v) is 2.65. The van der Waals surface area contributed by atoms with Crippen LogP contribution in [0.1, 0.15) is 25.7 Å². The summed E-state index contributed by atoms with van der Waals surface area (Å²) < 4.78 is 0. The van der Waals surface area contributed by atoms with Crippen molar-refractivity contribution in [3.05, 3.63) is 30.3 Å². The summed E-state index contributed by atoms with van der Waals surface area (Å²) in [4.78, 5) is 32.9. The Bertz CT molecular complexity index is 460. The first-order valence-corrected chi connectivity index (χ1v) is 6.52. The SMILES string of the molecule is NC(=O)C(=O)NCCCCCC(=O)Nc1ccccc1. The van der Waals surface area contributed by atoms with Gasteiger partial charge in [-0.15, -0.1) is 0 Å². The van der Waals surface area contributed by atoms with E-state index < -0.39 is 11.8 Å². The van der Waals surface area contributed by atoms with E-state index in [-0.39, 0.29) is 5.91 Å². The van der Waals surface area contributed by atoms with E-state index in [0.717, 1.165) is 18.5 Å². The van der Waals surface area contributed by atoms with Gasteiger partial charge in [-0.05, 0) is 25.0 Å². The molecule has 108 valence electrons. The zero-order valence-corrected chi connectivity index (χ0v) is 11.2. The van der Waals surface area contributed by atoms with E-state index in [1.54, 1.807) is 0 Å². The maximum atomic E-state index is 11.6. The smallest absolute Gasteiger partial charge is 0.309 e. The van der Waals surface area contributed by atoms with Gasteiger partial charge in [-0.25, -0.2) is 0 Å². The maximum Gasteiger partial charge on any atom is 0.309 e. The van der Waals surface area contributed by atoms with Crippen LogP contribution in [0.5, 0.6) is 0 Å². The number of benzene rings is 1. The molecular formula is C14H19N3O3. The summed E-state index contributed by atoms with van der Waals surface area (Å²) in [5.74, 6) is -1.78.